The van der Waals surface area contributed by atoms with Gasteiger partial charge in [0.15, 0.2) is 16.9 Å². The number of hydrogen-bond acceptors (Lipinski definition) is 9. The Morgan fingerprint density at radius 3 is 2.01 bits per heavy atom. The fraction of sp³-hybridized carbons (Fsp3) is 0.276. The van der Waals surface area contributed by atoms with Crippen molar-refractivity contribution >= 4 is 29.0 Å². The molecular weight excluding hydrogens is 888 g/mol. The standard InChI is InChI=1S/C58H61ClN10O/c1-42-33-43(2)35-46(34-42)41-67-32-31-66(57(67)49(38-60)39-61)30-27-55(70)68(52-24-15-17-45(36-52)40-65-28-13-6-14-29-65)44(3)47-18-16-19-48(37-47)56(62)64-69(63)58(50-20-7-4-8-21-50,51-22-9-5-10-23-51)53-25-11-12-26-54(53)59/h4-5,7-12,15-26,33-37,44H,6,13-14,27-32,40-41,63H2,1-3H3,(H2,62,64). The van der Waals surface area contributed by atoms with Crippen LogP contribution in [0.4, 0.5) is 5.69 Å². The first-order valence-electron chi connectivity index (χ1n) is 24.1. The molecule has 0 aromatic heterocycles. The summed E-state index contributed by atoms with van der Waals surface area (Å²) in [4.78, 5) is 23.5. The number of amidine groups is 1. The number of anilines is 1. The van der Waals surface area contributed by atoms with E-state index in [9.17, 15) is 10.5 Å². The van der Waals surface area contributed by atoms with E-state index in [4.69, 9.17) is 28.3 Å². The topological polar surface area (TPSA) is 145 Å². The average molecular weight is 950 g/mol. The van der Waals surface area contributed by atoms with Crippen LogP contribution in [0, 0.1) is 36.5 Å². The normalized spacial score (nSPS) is 14.7. The highest BCUT2D eigenvalue weighted by Crippen LogP contribution is 2.44. The first-order valence-corrected chi connectivity index (χ1v) is 24.5. The van der Waals surface area contributed by atoms with E-state index in [0.29, 0.717) is 42.6 Å². The maximum absolute atomic E-state index is 15.0. The molecule has 12 heteroatoms. The van der Waals surface area contributed by atoms with Crippen molar-refractivity contribution in [2.75, 3.05) is 37.6 Å². The summed E-state index contributed by atoms with van der Waals surface area (Å²) in [5, 5.41) is 27.2. The fourth-order valence-corrected chi connectivity index (χ4v) is 10.6. The Bertz CT molecular complexity index is 2860. The van der Waals surface area contributed by atoms with Crippen molar-refractivity contribution in [3.05, 3.63) is 218 Å². The van der Waals surface area contributed by atoms with Crippen LogP contribution in [0.25, 0.3) is 0 Å². The van der Waals surface area contributed by atoms with Crippen LogP contribution in [0.2, 0.25) is 5.02 Å². The van der Waals surface area contributed by atoms with Gasteiger partial charge in [0.2, 0.25) is 5.91 Å². The summed E-state index contributed by atoms with van der Waals surface area (Å²) in [5.41, 5.74) is 15.1. The van der Waals surface area contributed by atoms with Crippen LogP contribution >= 0.6 is 11.6 Å². The van der Waals surface area contributed by atoms with Crippen LogP contribution in [0.3, 0.4) is 0 Å². The summed E-state index contributed by atoms with van der Waals surface area (Å²) < 4.78 is 0. The number of nitrogens with two attached hydrogens (primary N) is 2. The number of benzene rings is 6. The molecule has 0 bridgehead atoms. The summed E-state index contributed by atoms with van der Waals surface area (Å²) in [6.07, 6.45) is 3.75. The minimum absolute atomic E-state index is 0.0359. The number of allylic oxidation sites excluding steroid dienone is 1. The van der Waals surface area contributed by atoms with Crippen LogP contribution < -0.4 is 16.5 Å². The number of halogens is 1. The number of hydrazone groups is 1. The molecule has 70 heavy (non-hydrogen) atoms. The summed E-state index contributed by atoms with van der Waals surface area (Å²) in [6.45, 7) is 11.1. The zero-order chi connectivity index (χ0) is 49.2. The molecule has 0 saturated carbocycles. The zero-order valence-electron chi connectivity index (χ0n) is 40.3. The van der Waals surface area contributed by atoms with Gasteiger partial charge in [-0.1, -0.05) is 157 Å². The van der Waals surface area contributed by atoms with E-state index in [0.717, 1.165) is 69.8 Å². The second kappa shape index (κ2) is 22.3. The van der Waals surface area contributed by atoms with Gasteiger partial charge in [-0.3, -0.25) is 9.69 Å². The summed E-state index contributed by atoms with van der Waals surface area (Å²) in [5.74, 6) is 7.83. The summed E-state index contributed by atoms with van der Waals surface area (Å²) >= 11 is 7.04. The van der Waals surface area contributed by atoms with E-state index < -0.39 is 11.6 Å². The van der Waals surface area contributed by atoms with Gasteiger partial charge in [-0.15, -0.1) is 5.10 Å². The van der Waals surface area contributed by atoms with Gasteiger partial charge in [-0.05, 0) is 98.8 Å². The lowest BCUT2D eigenvalue weighted by Crippen LogP contribution is -2.50. The van der Waals surface area contributed by atoms with Crippen molar-refractivity contribution in [1.29, 1.82) is 10.5 Å². The molecule has 2 heterocycles. The van der Waals surface area contributed by atoms with E-state index in [1.165, 1.54) is 24.4 Å². The van der Waals surface area contributed by atoms with Crippen LogP contribution in [-0.4, -0.2) is 64.3 Å². The average Bonchev–Trinajstić information content (AvgIpc) is 3.76. The number of hydrazine groups is 1. The molecule has 11 nitrogen and oxygen atoms in total. The first-order chi connectivity index (χ1) is 34.0. The van der Waals surface area contributed by atoms with Crippen molar-refractivity contribution in [3.63, 3.8) is 0 Å². The Labute approximate surface area is 418 Å². The van der Waals surface area contributed by atoms with Crippen LogP contribution in [0.15, 0.2) is 168 Å². The van der Waals surface area contributed by atoms with Gasteiger partial charge in [0.1, 0.15) is 18.0 Å². The van der Waals surface area contributed by atoms with Crippen molar-refractivity contribution in [1.82, 2.24) is 19.8 Å². The molecule has 1 amide bonds. The number of nitriles is 2. The van der Waals surface area contributed by atoms with Crippen LogP contribution in [0.5, 0.6) is 0 Å². The van der Waals surface area contributed by atoms with Gasteiger partial charge in [-0.25, -0.2) is 11.0 Å². The molecule has 6 aromatic rings. The molecule has 2 aliphatic heterocycles. The van der Waals surface area contributed by atoms with E-state index in [1.807, 2.05) is 138 Å². The van der Waals surface area contributed by atoms with Gasteiger partial charge < -0.3 is 20.4 Å². The van der Waals surface area contributed by atoms with Crippen molar-refractivity contribution < 1.29 is 4.79 Å². The molecule has 6 aromatic carbocycles. The Morgan fingerprint density at radius 2 is 1.36 bits per heavy atom. The number of piperidine rings is 1. The Hall–Kier alpha value is -7.41. The van der Waals surface area contributed by atoms with E-state index >= 15 is 4.79 Å². The number of carbonyl (C=O) groups is 1. The molecule has 1 unspecified atom stereocenters. The minimum Gasteiger partial charge on any atom is -0.382 e. The highest BCUT2D eigenvalue weighted by atomic mass is 35.5. The molecule has 0 spiro atoms. The largest absolute Gasteiger partial charge is 0.382 e. The van der Waals surface area contributed by atoms with Crippen molar-refractivity contribution in [3.8, 4) is 12.1 Å². The number of carbonyl (C=O) groups excluding carboxylic acids is 1. The van der Waals surface area contributed by atoms with Crippen LogP contribution in [0.1, 0.15) is 88.7 Å². The Morgan fingerprint density at radius 1 is 0.729 bits per heavy atom. The van der Waals surface area contributed by atoms with Gasteiger partial charge in [0.25, 0.3) is 0 Å². The maximum atomic E-state index is 15.0. The predicted octanol–water partition coefficient (Wildman–Crippen LogP) is 10.3. The zero-order valence-corrected chi connectivity index (χ0v) is 41.1. The monoisotopic (exact) mass is 948 g/mol. The second-order valence-corrected chi connectivity index (χ2v) is 18.8. The van der Waals surface area contributed by atoms with Gasteiger partial charge in [0, 0.05) is 61.0 Å². The number of likely N-dealkylation sites (tertiary alicyclic amines) is 1. The number of amides is 1. The van der Waals surface area contributed by atoms with Gasteiger partial charge in [0.05, 0.1) is 6.04 Å². The summed E-state index contributed by atoms with van der Waals surface area (Å²) in [6, 6.07) is 53.7. The smallest absolute Gasteiger partial charge is 0.229 e. The molecule has 2 saturated heterocycles. The van der Waals surface area contributed by atoms with E-state index in [1.54, 1.807) is 0 Å². The maximum Gasteiger partial charge on any atom is 0.229 e. The van der Waals surface area contributed by atoms with Gasteiger partial charge in [-0.2, -0.15) is 10.5 Å². The molecular formula is C58H61ClN10O. The van der Waals surface area contributed by atoms with Crippen molar-refractivity contribution in [2.24, 2.45) is 16.7 Å². The van der Waals surface area contributed by atoms with Gasteiger partial charge >= 0.3 is 0 Å². The quantitative estimate of drug-likeness (QED) is 0.0242. The number of hydrogen-bond donors (Lipinski definition) is 2. The van der Waals surface area contributed by atoms with Crippen LogP contribution in [-0.2, 0) is 23.4 Å². The first kappa shape index (κ1) is 49.0. The predicted molar refractivity (Wildman–Crippen MR) is 280 cm³/mol. The molecule has 2 fully saturated rings. The number of rotatable bonds is 16. The van der Waals surface area contributed by atoms with E-state index in [2.05, 4.69) is 66.1 Å². The Balaban J connectivity index is 1.12. The van der Waals surface area contributed by atoms with E-state index in [-0.39, 0.29) is 23.7 Å². The minimum atomic E-state index is -1.18. The molecule has 8 rings (SSSR count). The Kier molecular flexibility index (Phi) is 15.7. The SMILES string of the molecule is Cc1cc(C)cc(CN2CCN(CCC(=O)N(c3cccc(CN4CCCCC4)c3)C(C)c3cccc(/C(N)=N/N(N)C(c4ccccc4)(c4ccccc4)c4ccccc4Cl)c3)C2=C(C#N)C#N)c1. The lowest BCUT2D eigenvalue weighted by atomic mass is 9.77. The van der Waals surface area contributed by atoms with Crippen molar-refractivity contribution in [2.45, 2.75) is 71.1 Å². The second-order valence-electron chi connectivity index (χ2n) is 18.4. The number of nitrogens with zero attached hydrogens (tertiary/aromatic N) is 8. The highest BCUT2D eigenvalue weighted by Gasteiger charge is 2.43. The third-order valence-corrected chi connectivity index (χ3v) is 13.8. The lowest BCUT2D eigenvalue weighted by molar-refractivity contribution is -0.119. The lowest BCUT2D eigenvalue weighted by Gasteiger charge is -2.41. The number of aryl methyl sites for hydroxylation is 2. The third kappa shape index (κ3) is 10.7. The molecule has 356 valence electrons. The molecule has 2 aliphatic rings. The summed E-state index contributed by atoms with van der Waals surface area (Å²) in [7, 11) is 0. The molecule has 0 radical (unpaired) electrons. The fourth-order valence-electron chi connectivity index (χ4n) is 10.3. The highest BCUT2D eigenvalue weighted by molar-refractivity contribution is 6.31. The third-order valence-electron chi connectivity index (χ3n) is 13.5. The molecule has 1 atom stereocenters. The molecule has 0 aliphatic carbocycles. The molecule has 4 N–H and O–H groups in total.